The average molecular weight is 357 g/mol. The first-order chi connectivity index (χ1) is 12.2. The predicted molar refractivity (Wildman–Crippen MR) is 99.1 cm³/mol. The van der Waals surface area contributed by atoms with Crippen molar-refractivity contribution in [3.8, 4) is 0 Å². The van der Waals surface area contributed by atoms with E-state index in [0.29, 0.717) is 6.04 Å². The van der Waals surface area contributed by atoms with E-state index in [4.69, 9.17) is 11.6 Å². The smallest absolute Gasteiger partial charge is 0.203 e. The minimum absolute atomic E-state index is 0.479. The number of fused-ring (bicyclic) bond motifs is 1. The topological polar surface area (TPSA) is 49.6 Å². The van der Waals surface area contributed by atoms with Crippen molar-refractivity contribution in [2.45, 2.75) is 25.9 Å². The molecule has 3 heterocycles. The van der Waals surface area contributed by atoms with E-state index in [1.165, 1.54) is 0 Å². The summed E-state index contributed by atoms with van der Waals surface area (Å²) in [5, 5.41) is 9.40. The van der Waals surface area contributed by atoms with Gasteiger partial charge in [0.15, 0.2) is 5.82 Å². The Kier molecular flexibility index (Phi) is 4.31. The Bertz CT molecular complexity index is 886. The molecule has 25 heavy (non-hydrogen) atoms. The van der Waals surface area contributed by atoms with Gasteiger partial charge in [0, 0.05) is 49.5 Å². The Labute approximate surface area is 152 Å². The molecule has 130 valence electrons. The fourth-order valence-electron chi connectivity index (χ4n) is 3.26. The Hall–Kier alpha value is -2.18. The molecule has 1 aromatic carbocycles. The maximum atomic E-state index is 6.28. The molecule has 7 heteroatoms. The number of anilines is 1. The number of aromatic nitrogens is 4. The number of rotatable bonds is 5. The second kappa shape index (κ2) is 6.61. The van der Waals surface area contributed by atoms with Crippen molar-refractivity contribution >= 4 is 23.1 Å². The molecule has 0 aliphatic carbocycles. The van der Waals surface area contributed by atoms with Crippen LogP contribution in [-0.2, 0) is 13.0 Å². The number of benzene rings is 1. The van der Waals surface area contributed by atoms with Crippen LogP contribution in [0.15, 0.2) is 36.7 Å². The molecule has 3 aromatic rings. The molecule has 0 bridgehead atoms. The summed E-state index contributed by atoms with van der Waals surface area (Å²) in [6, 6.07) is 8.50. The van der Waals surface area contributed by atoms with Crippen LogP contribution in [0.1, 0.15) is 18.3 Å². The van der Waals surface area contributed by atoms with Gasteiger partial charge in [-0.2, -0.15) is 0 Å². The summed E-state index contributed by atoms with van der Waals surface area (Å²) < 4.78 is 2.03. The SMILES string of the molecule is CCc1nnc2c(N3CC(N(C)Cc4ccccc4Cl)C3)nccn12. The second-order valence-corrected chi connectivity index (χ2v) is 6.89. The monoisotopic (exact) mass is 356 g/mol. The maximum Gasteiger partial charge on any atom is 0.203 e. The van der Waals surface area contributed by atoms with Crippen molar-refractivity contribution in [3.05, 3.63) is 53.1 Å². The zero-order chi connectivity index (χ0) is 17.4. The van der Waals surface area contributed by atoms with E-state index < -0.39 is 0 Å². The molecule has 6 nitrogen and oxygen atoms in total. The van der Waals surface area contributed by atoms with E-state index >= 15 is 0 Å². The summed E-state index contributed by atoms with van der Waals surface area (Å²) in [5.41, 5.74) is 2.00. The van der Waals surface area contributed by atoms with Crippen molar-refractivity contribution in [2.24, 2.45) is 0 Å². The first-order valence-electron chi connectivity index (χ1n) is 8.54. The molecule has 1 fully saturated rings. The molecule has 0 N–H and O–H groups in total. The number of halogens is 1. The molecular formula is C18H21ClN6. The summed E-state index contributed by atoms with van der Waals surface area (Å²) in [7, 11) is 2.14. The van der Waals surface area contributed by atoms with Gasteiger partial charge in [-0.25, -0.2) is 4.98 Å². The van der Waals surface area contributed by atoms with Gasteiger partial charge in [0.25, 0.3) is 0 Å². The number of hydrogen-bond donors (Lipinski definition) is 0. The van der Waals surface area contributed by atoms with Crippen LogP contribution in [0, 0.1) is 0 Å². The predicted octanol–water partition coefficient (Wildman–Crippen LogP) is 2.66. The van der Waals surface area contributed by atoms with Gasteiger partial charge in [0.05, 0.1) is 0 Å². The molecule has 0 radical (unpaired) electrons. The average Bonchev–Trinajstić information content (AvgIpc) is 2.99. The zero-order valence-electron chi connectivity index (χ0n) is 14.4. The Balaban J connectivity index is 1.45. The lowest BCUT2D eigenvalue weighted by Gasteiger charge is -2.44. The molecule has 1 aliphatic rings. The number of hydrogen-bond acceptors (Lipinski definition) is 5. The van der Waals surface area contributed by atoms with Crippen molar-refractivity contribution in [2.75, 3.05) is 25.0 Å². The number of aryl methyl sites for hydroxylation is 1. The van der Waals surface area contributed by atoms with Crippen molar-refractivity contribution in [1.82, 2.24) is 24.5 Å². The van der Waals surface area contributed by atoms with Crippen LogP contribution in [0.25, 0.3) is 5.65 Å². The number of nitrogens with zero attached hydrogens (tertiary/aromatic N) is 6. The quantitative estimate of drug-likeness (QED) is 0.703. The minimum atomic E-state index is 0.479. The van der Waals surface area contributed by atoms with E-state index in [1.54, 1.807) is 0 Å². The highest BCUT2D eigenvalue weighted by Gasteiger charge is 2.32. The van der Waals surface area contributed by atoms with Crippen molar-refractivity contribution in [3.63, 3.8) is 0 Å². The third kappa shape index (κ3) is 2.96. The first kappa shape index (κ1) is 16.3. The van der Waals surface area contributed by atoms with E-state index in [9.17, 15) is 0 Å². The standard InChI is InChI=1S/C18H21ClN6/c1-3-16-21-22-18-17(20-8-9-25(16)18)24-11-14(12-24)23(2)10-13-6-4-5-7-15(13)19/h4-9,14H,3,10-12H2,1-2H3. The molecule has 0 amide bonds. The van der Waals surface area contributed by atoms with Crippen LogP contribution >= 0.6 is 11.6 Å². The summed E-state index contributed by atoms with van der Waals surface area (Å²) in [6.45, 7) is 4.80. The van der Waals surface area contributed by atoms with Crippen LogP contribution in [-0.4, -0.2) is 50.7 Å². The van der Waals surface area contributed by atoms with Crippen LogP contribution in [0.5, 0.6) is 0 Å². The van der Waals surface area contributed by atoms with E-state index in [2.05, 4.69) is 45.0 Å². The van der Waals surface area contributed by atoms with Crippen molar-refractivity contribution < 1.29 is 0 Å². The van der Waals surface area contributed by atoms with Crippen LogP contribution in [0.4, 0.5) is 5.82 Å². The van der Waals surface area contributed by atoms with Crippen LogP contribution < -0.4 is 4.90 Å². The lowest BCUT2D eigenvalue weighted by atomic mass is 10.1. The second-order valence-electron chi connectivity index (χ2n) is 6.48. The lowest BCUT2D eigenvalue weighted by Crippen LogP contribution is -2.58. The van der Waals surface area contributed by atoms with Gasteiger partial charge in [0.2, 0.25) is 5.65 Å². The molecule has 0 unspecified atom stereocenters. The Morgan fingerprint density at radius 1 is 1.24 bits per heavy atom. The molecular weight excluding hydrogens is 336 g/mol. The Morgan fingerprint density at radius 3 is 2.80 bits per heavy atom. The third-order valence-electron chi connectivity index (χ3n) is 4.86. The van der Waals surface area contributed by atoms with Gasteiger partial charge in [-0.05, 0) is 18.7 Å². The summed E-state index contributed by atoms with van der Waals surface area (Å²) in [6.07, 6.45) is 4.61. The van der Waals surface area contributed by atoms with Gasteiger partial charge in [0.1, 0.15) is 5.82 Å². The van der Waals surface area contributed by atoms with E-state index in [0.717, 1.165) is 53.9 Å². The van der Waals surface area contributed by atoms with Gasteiger partial charge in [-0.3, -0.25) is 9.30 Å². The third-order valence-corrected chi connectivity index (χ3v) is 5.23. The summed E-state index contributed by atoms with van der Waals surface area (Å²) in [4.78, 5) is 9.14. The van der Waals surface area contributed by atoms with Gasteiger partial charge >= 0.3 is 0 Å². The normalized spacial score (nSPS) is 15.1. The Morgan fingerprint density at radius 2 is 2.04 bits per heavy atom. The zero-order valence-corrected chi connectivity index (χ0v) is 15.2. The van der Waals surface area contributed by atoms with E-state index in [-0.39, 0.29) is 0 Å². The van der Waals surface area contributed by atoms with Crippen molar-refractivity contribution in [1.29, 1.82) is 0 Å². The molecule has 0 saturated carbocycles. The fourth-order valence-corrected chi connectivity index (χ4v) is 3.45. The fraction of sp³-hybridized carbons (Fsp3) is 0.389. The molecule has 4 rings (SSSR count). The molecule has 2 aromatic heterocycles. The van der Waals surface area contributed by atoms with Gasteiger partial charge in [-0.1, -0.05) is 36.7 Å². The number of likely N-dealkylation sites (N-methyl/N-ethyl adjacent to an activating group) is 1. The van der Waals surface area contributed by atoms with Crippen LogP contribution in [0.3, 0.4) is 0 Å². The molecule has 0 atom stereocenters. The van der Waals surface area contributed by atoms with Crippen LogP contribution in [0.2, 0.25) is 5.02 Å². The largest absolute Gasteiger partial charge is 0.350 e. The highest BCUT2D eigenvalue weighted by atomic mass is 35.5. The molecule has 1 aliphatic heterocycles. The first-order valence-corrected chi connectivity index (χ1v) is 8.92. The lowest BCUT2D eigenvalue weighted by molar-refractivity contribution is 0.197. The molecule has 0 spiro atoms. The highest BCUT2D eigenvalue weighted by molar-refractivity contribution is 6.31. The summed E-state index contributed by atoms with van der Waals surface area (Å²) >= 11 is 6.28. The van der Waals surface area contributed by atoms with Gasteiger partial charge < -0.3 is 4.90 Å². The minimum Gasteiger partial charge on any atom is -0.350 e. The highest BCUT2D eigenvalue weighted by Crippen LogP contribution is 2.26. The molecule has 1 saturated heterocycles. The van der Waals surface area contributed by atoms with E-state index in [1.807, 2.05) is 35.0 Å². The maximum absolute atomic E-state index is 6.28. The van der Waals surface area contributed by atoms with Gasteiger partial charge in [-0.15, -0.1) is 10.2 Å². The summed E-state index contributed by atoms with van der Waals surface area (Å²) in [5.74, 6) is 1.88.